The van der Waals surface area contributed by atoms with E-state index in [1.54, 1.807) is 0 Å². The minimum atomic E-state index is -0.271. The Kier molecular flexibility index (Phi) is 5.31. The zero-order chi connectivity index (χ0) is 15.4. The average Bonchev–Trinajstić information content (AvgIpc) is 3.00. The minimum absolute atomic E-state index is 0.0125. The van der Waals surface area contributed by atoms with Gasteiger partial charge in [0, 0.05) is 45.7 Å². The zero-order valence-corrected chi connectivity index (χ0v) is 13.4. The number of amides is 2. The van der Waals surface area contributed by atoms with Crippen LogP contribution in [-0.4, -0.2) is 84.9 Å². The number of hydrogen-bond donors (Lipinski definition) is 1. The molecule has 2 amide bonds. The molecule has 1 atom stereocenters. The summed E-state index contributed by atoms with van der Waals surface area (Å²) in [5, 5.41) is 2.78. The van der Waals surface area contributed by atoms with Gasteiger partial charge >= 0.3 is 0 Å². The maximum Gasteiger partial charge on any atom is 0.245 e. The van der Waals surface area contributed by atoms with Gasteiger partial charge in [-0.25, -0.2) is 0 Å². The number of carbonyl (C=O) groups is 2. The largest absolute Gasteiger partial charge is 0.344 e. The molecule has 3 rings (SSSR count). The molecule has 0 saturated carbocycles. The average molecular weight is 308 g/mol. The van der Waals surface area contributed by atoms with E-state index in [2.05, 4.69) is 15.1 Å². The maximum atomic E-state index is 12.3. The first-order valence-electron chi connectivity index (χ1n) is 8.75. The van der Waals surface area contributed by atoms with Crippen molar-refractivity contribution in [1.82, 2.24) is 20.0 Å². The monoisotopic (exact) mass is 308 g/mol. The Morgan fingerprint density at radius 1 is 0.955 bits per heavy atom. The van der Waals surface area contributed by atoms with E-state index in [4.69, 9.17) is 0 Å². The smallest absolute Gasteiger partial charge is 0.245 e. The van der Waals surface area contributed by atoms with Gasteiger partial charge in [-0.15, -0.1) is 0 Å². The summed E-state index contributed by atoms with van der Waals surface area (Å²) in [4.78, 5) is 30.5. The van der Waals surface area contributed by atoms with Gasteiger partial charge in [0.15, 0.2) is 0 Å². The molecule has 3 saturated heterocycles. The highest BCUT2D eigenvalue weighted by atomic mass is 16.2. The van der Waals surface area contributed by atoms with Crippen molar-refractivity contribution in [2.45, 2.75) is 38.1 Å². The molecule has 0 aliphatic carbocycles. The zero-order valence-electron chi connectivity index (χ0n) is 13.4. The second kappa shape index (κ2) is 7.42. The molecule has 0 aromatic carbocycles. The second-order valence-corrected chi connectivity index (χ2v) is 6.73. The highest BCUT2D eigenvalue weighted by Gasteiger charge is 2.32. The van der Waals surface area contributed by atoms with Gasteiger partial charge in [0.25, 0.3) is 0 Å². The Labute approximate surface area is 132 Å². The van der Waals surface area contributed by atoms with Gasteiger partial charge in [0.05, 0.1) is 0 Å². The first-order valence-corrected chi connectivity index (χ1v) is 8.75. The van der Waals surface area contributed by atoms with Crippen LogP contribution >= 0.6 is 0 Å². The molecule has 1 unspecified atom stereocenters. The molecule has 22 heavy (non-hydrogen) atoms. The highest BCUT2D eigenvalue weighted by molar-refractivity contribution is 5.90. The van der Waals surface area contributed by atoms with E-state index >= 15 is 0 Å². The summed E-state index contributed by atoms with van der Waals surface area (Å²) < 4.78 is 0. The van der Waals surface area contributed by atoms with E-state index in [9.17, 15) is 9.59 Å². The highest BCUT2D eigenvalue weighted by Crippen LogP contribution is 2.12. The normalized spacial score (nSPS) is 27.9. The summed E-state index contributed by atoms with van der Waals surface area (Å²) in [7, 11) is 0. The van der Waals surface area contributed by atoms with Crippen molar-refractivity contribution >= 4 is 11.8 Å². The van der Waals surface area contributed by atoms with Gasteiger partial charge in [-0.3, -0.25) is 14.5 Å². The maximum absolute atomic E-state index is 12.3. The predicted octanol–water partition coefficient (Wildman–Crippen LogP) is -0.105. The van der Waals surface area contributed by atoms with Gasteiger partial charge in [0.1, 0.15) is 6.04 Å². The van der Waals surface area contributed by atoms with Crippen LogP contribution in [0, 0.1) is 0 Å². The third kappa shape index (κ3) is 3.98. The fourth-order valence-electron chi connectivity index (χ4n) is 3.68. The number of nitrogens with zero attached hydrogens (tertiary/aromatic N) is 3. The van der Waals surface area contributed by atoms with E-state index in [1.165, 1.54) is 32.4 Å². The number of likely N-dealkylation sites (tertiary alicyclic amines) is 1. The summed E-state index contributed by atoms with van der Waals surface area (Å²) in [5.74, 6) is 0.125. The van der Waals surface area contributed by atoms with Crippen molar-refractivity contribution in [2.24, 2.45) is 0 Å². The molecular weight excluding hydrogens is 280 g/mol. The van der Waals surface area contributed by atoms with Gasteiger partial charge in [-0.05, 0) is 32.4 Å². The van der Waals surface area contributed by atoms with E-state index in [1.807, 2.05) is 4.90 Å². The third-order valence-corrected chi connectivity index (χ3v) is 5.16. The summed E-state index contributed by atoms with van der Waals surface area (Å²) in [5.41, 5.74) is 0. The standard InChI is InChI=1S/C16H28N4O2/c21-15-5-4-14(17-15)16(22)20-12-10-19(11-13-20)9-8-18-6-2-1-3-7-18/h14H,1-13H2,(H,17,21). The Balaban J connectivity index is 1.36. The lowest BCUT2D eigenvalue weighted by Crippen LogP contribution is -2.54. The van der Waals surface area contributed by atoms with Crippen molar-refractivity contribution in [3.05, 3.63) is 0 Å². The fourth-order valence-corrected chi connectivity index (χ4v) is 3.68. The van der Waals surface area contributed by atoms with Crippen LogP contribution in [0.1, 0.15) is 32.1 Å². The van der Waals surface area contributed by atoms with Crippen LogP contribution in [0.3, 0.4) is 0 Å². The van der Waals surface area contributed by atoms with Crippen LogP contribution in [0.15, 0.2) is 0 Å². The number of piperidine rings is 1. The molecule has 0 spiro atoms. The quantitative estimate of drug-likeness (QED) is 0.788. The van der Waals surface area contributed by atoms with Gasteiger partial charge < -0.3 is 15.1 Å². The number of carbonyl (C=O) groups excluding carboxylic acids is 2. The summed E-state index contributed by atoms with van der Waals surface area (Å²) >= 11 is 0. The fraction of sp³-hybridized carbons (Fsp3) is 0.875. The molecule has 0 aromatic heterocycles. The Hall–Kier alpha value is -1.14. The van der Waals surface area contributed by atoms with Crippen LogP contribution in [0.4, 0.5) is 0 Å². The molecule has 1 N–H and O–H groups in total. The summed E-state index contributed by atoms with van der Waals surface area (Å²) in [6.07, 6.45) is 5.22. The van der Waals surface area contributed by atoms with E-state index in [0.29, 0.717) is 12.8 Å². The number of rotatable bonds is 4. The number of nitrogens with one attached hydrogen (secondary N) is 1. The predicted molar refractivity (Wildman–Crippen MR) is 84.5 cm³/mol. The Bertz CT molecular complexity index is 401. The SMILES string of the molecule is O=C1CCC(C(=O)N2CCN(CCN3CCCCC3)CC2)N1. The lowest BCUT2D eigenvalue weighted by atomic mass is 10.1. The first-order chi connectivity index (χ1) is 10.7. The molecule has 3 fully saturated rings. The summed E-state index contributed by atoms with van der Waals surface area (Å²) in [6, 6.07) is -0.271. The van der Waals surface area contributed by atoms with Crippen LogP contribution in [0.2, 0.25) is 0 Å². The molecular formula is C16H28N4O2. The second-order valence-electron chi connectivity index (χ2n) is 6.73. The van der Waals surface area contributed by atoms with Crippen LogP contribution < -0.4 is 5.32 Å². The third-order valence-electron chi connectivity index (χ3n) is 5.16. The van der Waals surface area contributed by atoms with Crippen LogP contribution in [0.5, 0.6) is 0 Å². The summed E-state index contributed by atoms with van der Waals surface area (Å²) in [6.45, 7) is 8.28. The number of piperazine rings is 1. The molecule has 3 aliphatic rings. The van der Waals surface area contributed by atoms with E-state index < -0.39 is 0 Å². The van der Waals surface area contributed by atoms with Crippen LogP contribution in [0.25, 0.3) is 0 Å². The van der Waals surface area contributed by atoms with Crippen LogP contribution in [-0.2, 0) is 9.59 Å². The molecule has 0 radical (unpaired) electrons. The molecule has 0 bridgehead atoms. The van der Waals surface area contributed by atoms with Crippen molar-refractivity contribution in [3.8, 4) is 0 Å². The van der Waals surface area contributed by atoms with Crippen molar-refractivity contribution in [2.75, 3.05) is 52.4 Å². The molecule has 3 heterocycles. The Morgan fingerprint density at radius 2 is 1.59 bits per heavy atom. The first kappa shape index (κ1) is 15.7. The minimum Gasteiger partial charge on any atom is -0.344 e. The van der Waals surface area contributed by atoms with E-state index in [-0.39, 0.29) is 17.9 Å². The van der Waals surface area contributed by atoms with Crippen molar-refractivity contribution < 1.29 is 9.59 Å². The lowest BCUT2D eigenvalue weighted by Gasteiger charge is -2.37. The molecule has 0 aromatic rings. The number of hydrogen-bond acceptors (Lipinski definition) is 4. The molecule has 124 valence electrons. The van der Waals surface area contributed by atoms with Gasteiger partial charge in [-0.2, -0.15) is 0 Å². The molecule has 6 nitrogen and oxygen atoms in total. The Morgan fingerprint density at radius 3 is 2.18 bits per heavy atom. The lowest BCUT2D eigenvalue weighted by molar-refractivity contribution is -0.136. The van der Waals surface area contributed by atoms with Gasteiger partial charge in [0.2, 0.25) is 11.8 Å². The topological polar surface area (TPSA) is 55.9 Å². The van der Waals surface area contributed by atoms with E-state index in [0.717, 1.165) is 39.3 Å². The van der Waals surface area contributed by atoms with Crippen molar-refractivity contribution in [1.29, 1.82) is 0 Å². The molecule has 3 aliphatic heterocycles. The molecule has 6 heteroatoms. The van der Waals surface area contributed by atoms with Crippen molar-refractivity contribution in [3.63, 3.8) is 0 Å². The van der Waals surface area contributed by atoms with Gasteiger partial charge in [-0.1, -0.05) is 6.42 Å².